The Morgan fingerprint density at radius 1 is 1.10 bits per heavy atom. The summed E-state index contributed by atoms with van der Waals surface area (Å²) in [4.78, 5) is 20.7. The van der Waals surface area contributed by atoms with Gasteiger partial charge in [0, 0.05) is 13.1 Å². The number of hydrogen-bond donors (Lipinski definition) is 0. The van der Waals surface area contributed by atoms with Gasteiger partial charge in [0.25, 0.3) is 0 Å². The molecule has 0 aliphatic rings. The molecule has 10 heteroatoms. The fourth-order valence-corrected chi connectivity index (χ4v) is 4.83. The average Bonchev–Trinajstić information content (AvgIpc) is 3.04. The van der Waals surface area contributed by atoms with E-state index in [1.807, 2.05) is 19.0 Å². The molecule has 0 unspecified atom stereocenters. The normalized spacial score (nSPS) is 11.4. The third-order valence-electron chi connectivity index (χ3n) is 4.06. The molecule has 0 saturated heterocycles. The molecule has 0 aliphatic heterocycles. The molecule has 0 atom stereocenters. The first kappa shape index (κ1) is 23.2. The van der Waals surface area contributed by atoms with Gasteiger partial charge in [-0.2, -0.15) is 0 Å². The summed E-state index contributed by atoms with van der Waals surface area (Å²) in [6.07, 6.45) is 0. The molecule has 0 saturated carbocycles. The maximum absolute atomic E-state index is 13.5. The van der Waals surface area contributed by atoms with E-state index in [4.69, 9.17) is 0 Å². The highest BCUT2D eigenvalue weighted by Gasteiger charge is 2.26. The smallest absolute Gasteiger partial charge is 0.244 e. The third-order valence-corrected chi connectivity index (χ3v) is 6.72. The van der Waals surface area contributed by atoms with Gasteiger partial charge in [0.2, 0.25) is 5.91 Å². The number of amides is 1. The maximum Gasteiger partial charge on any atom is 0.244 e. The van der Waals surface area contributed by atoms with Crippen molar-refractivity contribution in [2.75, 3.05) is 37.8 Å². The number of fused-ring (bicyclic) bond motifs is 1. The number of aromatic nitrogens is 1. The van der Waals surface area contributed by atoms with E-state index in [1.165, 1.54) is 29.2 Å². The largest absolute Gasteiger partial charge is 0.308 e. The number of carbonyl (C=O) groups is 1. The number of sulfone groups is 1. The van der Waals surface area contributed by atoms with E-state index in [9.17, 15) is 17.6 Å². The lowest BCUT2D eigenvalue weighted by Crippen LogP contribution is -2.40. The highest BCUT2D eigenvalue weighted by molar-refractivity contribution is 7.92. The summed E-state index contributed by atoms with van der Waals surface area (Å²) in [5.74, 6) is -1.61. The van der Waals surface area contributed by atoms with Crippen LogP contribution in [0.15, 0.2) is 53.4 Å². The maximum atomic E-state index is 13.5. The van der Waals surface area contributed by atoms with Crippen LogP contribution in [0.2, 0.25) is 0 Å². The first-order chi connectivity index (χ1) is 13.3. The predicted molar refractivity (Wildman–Crippen MR) is 116 cm³/mol. The molecule has 156 valence electrons. The van der Waals surface area contributed by atoms with E-state index in [-0.39, 0.29) is 29.7 Å². The average molecular weight is 458 g/mol. The first-order valence-corrected chi connectivity index (χ1v) is 11.0. The van der Waals surface area contributed by atoms with Crippen molar-refractivity contribution < 1.29 is 17.6 Å². The fourth-order valence-electron chi connectivity index (χ4n) is 2.58. The molecule has 1 aromatic heterocycles. The molecule has 3 aromatic rings. The quantitative estimate of drug-likeness (QED) is 0.544. The standard InChI is InChI=1S/C19H20FN3O3S2.ClH/c1-22(2)10-11-23(19-21-16-9-8-14(20)12-17(16)27-19)18(24)13-28(25,26)15-6-4-3-5-7-15;/h3-9,12H,10-11,13H2,1-2H3;1H. The van der Waals surface area contributed by atoms with Crippen LogP contribution in [0.5, 0.6) is 0 Å². The van der Waals surface area contributed by atoms with E-state index in [0.29, 0.717) is 21.9 Å². The number of rotatable bonds is 7. The molecule has 0 N–H and O–H groups in total. The second kappa shape index (κ2) is 9.62. The summed E-state index contributed by atoms with van der Waals surface area (Å²) < 4.78 is 39.3. The van der Waals surface area contributed by atoms with Crippen molar-refractivity contribution >= 4 is 54.8 Å². The Balaban J connectivity index is 0.00000300. The number of carbonyl (C=O) groups excluding carboxylic acids is 1. The number of anilines is 1. The molecule has 0 fully saturated rings. The van der Waals surface area contributed by atoms with E-state index in [0.717, 1.165) is 11.3 Å². The van der Waals surface area contributed by atoms with Crippen molar-refractivity contribution in [3.8, 4) is 0 Å². The molecule has 0 spiro atoms. The summed E-state index contributed by atoms with van der Waals surface area (Å²) in [7, 11) is -0.0594. The third kappa shape index (κ3) is 5.72. The van der Waals surface area contributed by atoms with E-state index in [2.05, 4.69) is 4.98 Å². The van der Waals surface area contributed by atoms with Crippen molar-refractivity contribution in [3.63, 3.8) is 0 Å². The van der Waals surface area contributed by atoms with Crippen LogP contribution >= 0.6 is 23.7 Å². The van der Waals surface area contributed by atoms with Gasteiger partial charge >= 0.3 is 0 Å². The van der Waals surface area contributed by atoms with Crippen LogP contribution in [-0.4, -0.2) is 57.1 Å². The van der Waals surface area contributed by atoms with Gasteiger partial charge in [0.05, 0.1) is 15.1 Å². The topological polar surface area (TPSA) is 70.6 Å². The molecule has 0 bridgehead atoms. The molecular formula is C19H21ClFN3O3S2. The predicted octanol–water partition coefficient (Wildman–Crippen LogP) is 3.23. The van der Waals surface area contributed by atoms with Gasteiger partial charge in [-0.15, -0.1) is 12.4 Å². The molecule has 3 rings (SSSR count). The Morgan fingerprint density at radius 3 is 2.45 bits per heavy atom. The lowest BCUT2D eigenvalue weighted by Gasteiger charge is -2.22. The Morgan fingerprint density at radius 2 is 1.79 bits per heavy atom. The van der Waals surface area contributed by atoms with Gasteiger partial charge in [0.1, 0.15) is 11.6 Å². The summed E-state index contributed by atoms with van der Waals surface area (Å²) >= 11 is 1.16. The number of thiazole rings is 1. The van der Waals surface area contributed by atoms with Gasteiger partial charge in [-0.1, -0.05) is 29.5 Å². The zero-order valence-electron chi connectivity index (χ0n) is 15.9. The molecular weight excluding hydrogens is 437 g/mol. The van der Waals surface area contributed by atoms with E-state index >= 15 is 0 Å². The zero-order valence-corrected chi connectivity index (χ0v) is 18.4. The van der Waals surface area contributed by atoms with E-state index in [1.54, 1.807) is 24.3 Å². The highest BCUT2D eigenvalue weighted by Crippen LogP contribution is 2.29. The SMILES string of the molecule is CN(C)CCN(C(=O)CS(=O)(=O)c1ccccc1)c1nc2ccc(F)cc2s1.Cl. The molecule has 0 radical (unpaired) electrons. The van der Waals surface area contributed by atoms with Gasteiger partial charge < -0.3 is 4.90 Å². The van der Waals surface area contributed by atoms with Gasteiger partial charge in [-0.05, 0) is 44.4 Å². The van der Waals surface area contributed by atoms with Gasteiger partial charge in [-0.25, -0.2) is 17.8 Å². The zero-order chi connectivity index (χ0) is 20.3. The van der Waals surface area contributed by atoms with Crippen molar-refractivity contribution in [1.82, 2.24) is 9.88 Å². The van der Waals surface area contributed by atoms with Crippen LogP contribution in [0.4, 0.5) is 9.52 Å². The van der Waals surface area contributed by atoms with E-state index < -0.39 is 21.5 Å². The molecule has 0 aliphatic carbocycles. The van der Waals surface area contributed by atoms with Gasteiger partial charge in [-0.3, -0.25) is 9.69 Å². The van der Waals surface area contributed by atoms with Crippen LogP contribution in [0.3, 0.4) is 0 Å². The Labute approximate surface area is 179 Å². The second-order valence-electron chi connectivity index (χ2n) is 6.53. The minimum Gasteiger partial charge on any atom is -0.308 e. The lowest BCUT2D eigenvalue weighted by atomic mass is 10.3. The monoisotopic (exact) mass is 457 g/mol. The summed E-state index contributed by atoms with van der Waals surface area (Å²) in [5, 5.41) is 0.357. The minimum atomic E-state index is -3.78. The number of halogens is 2. The van der Waals surface area contributed by atoms with Crippen molar-refractivity contribution in [1.29, 1.82) is 0 Å². The van der Waals surface area contributed by atoms with Crippen LogP contribution in [0.1, 0.15) is 0 Å². The second-order valence-corrected chi connectivity index (χ2v) is 9.53. The van der Waals surface area contributed by atoms with Gasteiger partial charge in [0.15, 0.2) is 15.0 Å². The number of hydrogen-bond acceptors (Lipinski definition) is 6. The van der Waals surface area contributed by atoms with Crippen LogP contribution in [-0.2, 0) is 14.6 Å². The molecule has 2 aromatic carbocycles. The molecule has 1 amide bonds. The van der Waals surface area contributed by atoms with Crippen LogP contribution < -0.4 is 4.90 Å². The molecule has 6 nitrogen and oxygen atoms in total. The Bertz CT molecular complexity index is 1090. The fraction of sp³-hybridized carbons (Fsp3) is 0.263. The van der Waals surface area contributed by atoms with Crippen molar-refractivity contribution in [3.05, 3.63) is 54.3 Å². The number of nitrogens with zero attached hydrogens (tertiary/aromatic N) is 3. The summed E-state index contributed by atoms with van der Waals surface area (Å²) in [5.41, 5.74) is 0.565. The Hall–Kier alpha value is -2.07. The number of benzene rings is 2. The van der Waals surface area contributed by atoms with Crippen LogP contribution in [0.25, 0.3) is 10.2 Å². The van der Waals surface area contributed by atoms with Crippen molar-refractivity contribution in [2.45, 2.75) is 4.90 Å². The summed E-state index contributed by atoms with van der Waals surface area (Å²) in [6.45, 7) is 0.805. The van der Waals surface area contributed by atoms with Crippen LogP contribution in [0, 0.1) is 5.82 Å². The highest BCUT2D eigenvalue weighted by atomic mass is 35.5. The molecule has 1 heterocycles. The molecule has 29 heavy (non-hydrogen) atoms. The minimum absolute atomic E-state index is 0. The first-order valence-electron chi connectivity index (χ1n) is 8.55. The summed E-state index contributed by atoms with van der Waals surface area (Å²) in [6, 6.07) is 12.1. The number of likely N-dealkylation sites (N-methyl/N-ethyl adjacent to an activating group) is 1. The Kier molecular flexibility index (Phi) is 7.70. The lowest BCUT2D eigenvalue weighted by molar-refractivity contribution is -0.116. The van der Waals surface area contributed by atoms with Crippen molar-refractivity contribution in [2.24, 2.45) is 0 Å².